The van der Waals surface area contributed by atoms with Crippen LogP contribution in [0.2, 0.25) is 0 Å². The van der Waals surface area contributed by atoms with Crippen LogP contribution in [0.1, 0.15) is 25.7 Å². The number of rotatable bonds is 2. The van der Waals surface area contributed by atoms with Gasteiger partial charge in [-0.1, -0.05) is 6.42 Å². The maximum Gasteiger partial charge on any atom is 0.128 e. The van der Waals surface area contributed by atoms with Gasteiger partial charge >= 0.3 is 0 Å². The molecule has 5 nitrogen and oxygen atoms in total. The molecule has 3 aliphatic rings. The third-order valence-electron chi connectivity index (χ3n) is 5.17. The average molecular weight is 282 g/mol. The average Bonchev–Trinajstić information content (AvgIpc) is 2.76. The maximum absolute atomic E-state index is 5.57. The van der Waals surface area contributed by atoms with Crippen molar-refractivity contribution in [2.75, 3.05) is 66.1 Å². The Bertz CT molecular complexity index is 290. The number of morpholine rings is 1. The van der Waals surface area contributed by atoms with Crippen molar-refractivity contribution in [3.05, 3.63) is 0 Å². The van der Waals surface area contributed by atoms with Crippen LogP contribution in [0.25, 0.3) is 0 Å². The molecular formula is C15H30N4O. The second-order valence-electron chi connectivity index (χ2n) is 6.44. The summed E-state index contributed by atoms with van der Waals surface area (Å²) in [4.78, 5) is 7.82. The van der Waals surface area contributed by atoms with Crippen molar-refractivity contribution in [3.63, 3.8) is 0 Å². The summed E-state index contributed by atoms with van der Waals surface area (Å²) in [5, 5.41) is 3.93. The maximum atomic E-state index is 5.57. The first-order valence-corrected chi connectivity index (χ1v) is 8.33. The molecule has 3 heterocycles. The number of nitrogens with zero attached hydrogens (tertiary/aromatic N) is 3. The highest BCUT2D eigenvalue weighted by molar-refractivity contribution is 4.93. The molecule has 3 fully saturated rings. The van der Waals surface area contributed by atoms with Crippen LogP contribution in [0, 0.1) is 0 Å². The lowest BCUT2D eigenvalue weighted by atomic mass is 10.1. The molecule has 0 radical (unpaired) electrons. The van der Waals surface area contributed by atoms with E-state index in [0.717, 1.165) is 32.8 Å². The fraction of sp³-hybridized carbons (Fsp3) is 1.00. The summed E-state index contributed by atoms with van der Waals surface area (Å²) in [5.41, 5.74) is 0. The normalized spacial score (nSPS) is 35.9. The molecule has 0 spiro atoms. The molecule has 1 unspecified atom stereocenters. The van der Waals surface area contributed by atoms with Crippen molar-refractivity contribution >= 4 is 0 Å². The summed E-state index contributed by atoms with van der Waals surface area (Å²) < 4.78 is 5.57. The van der Waals surface area contributed by atoms with Gasteiger partial charge < -0.3 is 9.64 Å². The monoisotopic (exact) mass is 282 g/mol. The third kappa shape index (κ3) is 3.02. The fourth-order valence-corrected chi connectivity index (χ4v) is 3.90. The van der Waals surface area contributed by atoms with Gasteiger partial charge in [0, 0.05) is 39.3 Å². The number of hydrogen-bond acceptors (Lipinski definition) is 5. The number of hydrogen-bond donors (Lipinski definition) is 1. The summed E-state index contributed by atoms with van der Waals surface area (Å²) in [6.07, 6.45) is 5.29. The predicted molar refractivity (Wildman–Crippen MR) is 80.7 cm³/mol. The van der Waals surface area contributed by atoms with E-state index in [-0.39, 0.29) is 5.79 Å². The highest BCUT2D eigenvalue weighted by Gasteiger charge is 2.43. The Kier molecular flexibility index (Phi) is 4.94. The van der Waals surface area contributed by atoms with Crippen molar-refractivity contribution in [1.82, 2.24) is 20.0 Å². The van der Waals surface area contributed by atoms with Crippen LogP contribution in [0.4, 0.5) is 0 Å². The molecule has 3 aliphatic heterocycles. The van der Waals surface area contributed by atoms with Gasteiger partial charge in [-0.3, -0.25) is 15.1 Å². The molecule has 1 atom stereocenters. The Morgan fingerprint density at radius 3 is 2.30 bits per heavy atom. The molecule has 0 aliphatic carbocycles. The topological polar surface area (TPSA) is 31.0 Å². The Morgan fingerprint density at radius 1 is 0.850 bits per heavy atom. The molecule has 0 aromatic rings. The van der Waals surface area contributed by atoms with Crippen LogP contribution < -0.4 is 5.32 Å². The van der Waals surface area contributed by atoms with Crippen molar-refractivity contribution in [2.45, 2.75) is 31.5 Å². The second-order valence-corrected chi connectivity index (χ2v) is 6.44. The van der Waals surface area contributed by atoms with Crippen LogP contribution in [0.5, 0.6) is 0 Å². The Balaban J connectivity index is 1.77. The molecule has 116 valence electrons. The summed E-state index contributed by atoms with van der Waals surface area (Å²) >= 11 is 0. The van der Waals surface area contributed by atoms with Crippen LogP contribution in [0.15, 0.2) is 0 Å². The summed E-state index contributed by atoms with van der Waals surface area (Å²) in [5.74, 6) is 0.0988. The van der Waals surface area contributed by atoms with E-state index in [4.69, 9.17) is 4.74 Å². The smallest absolute Gasteiger partial charge is 0.128 e. The van der Waals surface area contributed by atoms with E-state index in [2.05, 4.69) is 27.1 Å². The minimum absolute atomic E-state index is 0.0988. The second kappa shape index (κ2) is 6.71. The highest BCUT2D eigenvalue weighted by Crippen LogP contribution is 2.29. The molecule has 0 amide bonds. The van der Waals surface area contributed by atoms with Crippen molar-refractivity contribution in [1.29, 1.82) is 0 Å². The van der Waals surface area contributed by atoms with Gasteiger partial charge in [0.15, 0.2) is 0 Å². The van der Waals surface area contributed by atoms with Gasteiger partial charge in [0.1, 0.15) is 5.79 Å². The first-order chi connectivity index (χ1) is 9.81. The van der Waals surface area contributed by atoms with Crippen LogP contribution in [0.3, 0.4) is 0 Å². The van der Waals surface area contributed by atoms with Gasteiger partial charge in [-0.05, 0) is 32.9 Å². The molecular weight excluding hydrogens is 252 g/mol. The molecule has 3 saturated heterocycles. The number of ether oxygens (including phenoxy) is 1. The Hall–Kier alpha value is -0.200. The summed E-state index contributed by atoms with van der Waals surface area (Å²) in [6.45, 7) is 9.81. The highest BCUT2D eigenvalue weighted by atomic mass is 16.5. The predicted octanol–water partition coefficient (Wildman–Crippen LogP) is 0.383. The zero-order valence-electron chi connectivity index (χ0n) is 12.9. The largest absolute Gasteiger partial charge is 0.379 e. The van der Waals surface area contributed by atoms with Gasteiger partial charge in [0.25, 0.3) is 0 Å². The zero-order valence-corrected chi connectivity index (χ0v) is 12.9. The molecule has 20 heavy (non-hydrogen) atoms. The third-order valence-corrected chi connectivity index (χ3v) is 5.17. The molecule has 1 N–H and O–H groups in total. The minimum Gasteiger partial charge on any atom is -0.379 e. The number of nitrogens with one attached hydrogen (secondary N) is 1. The van der Waals surface area contributed by atoms with Gasteiger partial charge in [0.05, 0.1) is 13.2 Å². The zero-order chi connectivity index (χ0) is 13.8. The van der Waals surface area contributed by atoms with Gasteiger partial charge in [-0.15, -0.1) is 0 Å². The number of piperazine rings is 1. The van der Waals surface area contributed by atoms with E-state index in [9.17, 15) is 0 Å². The van der Waals surface area contributed by atoms with Crippen molar-refractivity contribution in [3.8, 4) is 0 Å². The van der Waals surface area contributed by atoms with E-state index in [1.807, 2.05) is 0 Å². The molecule has 0 bridgehead atoms. The molecule has 0 aromatic carbocycles. The van der Waals surface area contributed by atoms with Crippen molar-refractivity contribution in [2.24, 2.45) is 0 Å². The Morgan fingerprint density at radius 2 is 1.55 bits per heavy atom. The van der Waals surface area contributed by atoms with E-state index in [1.54, 1.807) is 0 Å². The lowest BCUT2D eigenvalue weighted by molar-refractivity contribution is -0.134. The van der Waals surface area contributed by atoms with Gasteiger partial charge in [-0.2, -0.15) is 0 Å². The lowest BCUT2D eigenvalue weighted by Gasteiger charge is -2.54. The van der Waals surface area contributed by atoms with E-state index >= 15 is 0 Å². The van der Waals surface area contributed by atoms with E-state index < -0.39 is 0 Å². The van der Waals surface area contributed by atoms with Crippen LogP contribution in [-0.2, 0) is 4.74 Å². The molecule has 5 heteroatoms. The molecule has 0 saturated carbocycles. The van der Waals surface area contributed by atoms with E-state index in [0.29, 0.717) is 0 Å². The SMILES string of the molecule is CN1CCN(C2(N3CCOCC3)CCCCCN2)CC1. The minimum atomic E-state index is 0.0988. The van der Waals surface area contributed by atoms with Crippen LogP contribution in [-0.4, -0.2) is 86.6 Å². The lowest BCUT2D eigenvalue weighted by Crippen LogP contribution is -2.72. The summed E-state index contributed by atoms with van der Waals surface area (Å²) in [6, 6.07) is 0. The first-order valence-electron chi connectivity index (χ1n) is 8.33. The fourth-order valence-electron chi connectivity index (χ4n) is 3.90. The van der Waals surface area contributed by atoms with Gasteiger partial charge in [0.2, 0.25) is 0 Å². The quantitative estimate of drug-likeness (QED) is 0.791. The number of likely N-dealkylation sites (N-methyl/N-ethyl adjacent to an activating group) is 1. The van der Waals surface area contributed by atoms with Crippen molar-refractivity contribution < 1.29 is 4.74 Å². The summed E-state index contributed by atoms with van der Waals surface area (Å²) in [7, 11) is 2.24. The first kappa shape index (κ1) is 14.7. The standard InChI is InChI=1S/C15H30N4O/c1-17-7-9-18(10-8-17)15(5-3-2-4-6-16-15)19-11-13-20-14-12-19/h16H,2-14H2,1H3. The van der Waals surface area contributed by atoms with E-state index in [1.165, 1.54) is 51.9 Å². The van der Waals surface area contributed by atoms with Crippen LogP contribution >= 0.6 is 0 Å². The molecule has 0 aromatic heterocycles. The molecule has 3 rings (SSSR count). The van der Waals surface area contributed by atoms with Gasteiger partial charge in [-0.25, -0.2) is 0 Å². The Labute approximate surface area is 123 Å².